The maximum absolute atomic E-state index is 14.3. The van der Waals surface area contributed by atoms with E-state index in [0.717, 1.165) is 24.2 Å². The molecule has 1 heterocycles. The SMILES string of the molecule is COCc1c(C(=O)NC2(C(=O)O)CCC(C)CC2)sc2cccc(F)c12. The van der Waals surface area contributed by atoms with Crippen LogP contribution in [0.5, 0.6) is 0 Å². The summed E-state index contributed by atoms with van der Waals surface area (Å²) in [6, 6.07) is 4.68. The lowest BCUT2D eigenvalue weighted by Crippen LogP contribution is -2.56. The second-order valence-corrected chi connectivity index (χ2v) is 8.03. The van der Waals surface area contributed by atoms with Gasteiger partial charge in [-0.2, -0.15) is 0 Å². The minimum Gasteiger partial charge on any atom is -0.480 e. The molecule has 26 heavy (non-hydrogen) atoms. The van der Waals surface area contributed by atoms with Crippen molar-refractivity contribution >= 4 is 33.3 Å². The van der Waals surface area contributed by atoms with Gasteiger partial charge in [0.15, 0.2) is 0 Å². The zero-order valence-corrected chi connectivity index (χ0v) is 15.6. The molecule has 2 aromatic rings. The molecule has 0 aliphatic heterocycles. The monoisotopic (exact) mass is 379 g/mol. The summed E-state index contributed by atoms with van der Waals surface area (Å²) in [7, 11) is 1.48. The van der Waals surface area contributed by atoms with Gasteiger partial charge in [-0.05, 0) is 43.7 Å². The number of ether oxygens (including phenoxy) is 1. The van der Waals surface area contributed by atoms with Gasteiger partial charge in [0.2, 0.25) is 0 Å². The molecule has 2 N–H and O–H groups in total. The maximum atomic E-state index is 14.3. The van der Waals surface area contributed by atoms with Crippen LogP contribution in [0.4, 0.5) is 4.39 Å². The number of rotatable bonds is 5. The molecule has 0 spiro atoms. The van der Waals surface area contributed by atoms with Crippen LogP contribution in [0.15, 0.2) is 18.2 Å². The normalized spacial score (nSPS) is 23.1. The molecular weight excluding hydrogens is 357 g/mol. The summed E-state index contributed by atoms with van der Waals surface area (Å²) >= 11 is 1.16. The average Bonchev–Trinajstić information content (AvgIpc) is 2.97. The lowest BCUT2D eigenvalue weighted by atomic mass is 9.77. The van der Waals surface area contributed by atoms with E-state index in [1.165, 1.54) is 13.2 Å². The number of nitrogens with one attached hydrogen (secondary N) is 1. The quantitative estimate of drug-likeness (QED) is 0.825. The summed E-state index contributed by atoms with van der Waals surface area (Å²) in [4.78, 5) is 25.1. The average molecular weight is 379 g/mol. The van der Waals surface area contributed by atoms with Gasteiger partial charge in [-0.25, -0.2) is 9.18 Å². The van der Waals surface area contributed by atoms with Crippen LogP contribution in [0.25, 0.3) is 10.1 Å². The number of methoxy groups -OCH3 is 1. The Hall–Kier alpha value is -1.99. The molecule has 140 valence electrons. The van der Waals surface area contributed by atoms with Crippen molar-refractivity contribution in [3.63, 3.8) is 0 Å². The molecule has 5 nitrogen and oxygen atoms in total. The summed E-state index contributed by atoms with van der Waals surface area (Å²) in [5.74, 6) is -1.46. The number of amides is 1. The van der Waals surface area contributed by atoms with Crippen LogP contribution in [-0.4, -0.2) is 29.6 Å². The fourth-order valence-corrected chi connectivity index (χ4v) is 4.67. The number of hydrogen-bond donors (Lipinski definition) is 2. The predicted molar refractivity (Wildman–Crippen MR) is 98.0 cm³/mol. The van der Waals surface area contributed by atoms with Gasteiger partial charge < -0.3 is 15.2 Å². The standard InChI is InChI=1S/C19H22FNO4S/c1-11-6-8-19(9-7-11,18(23)24)21-17(22)16-12(10-25-2)15-13(20)4-3-5-14(15)26-16/h3-5,11H,6-10H2,1-2H3,(H,21,22)(H,23,24). The van der Waals surface area contributed by atoms with E-state index in [1.807, 2.05) is 0 Å². The first kappa shape index (κ1) is 18.8. The molecule has 7 heteroatoms. The van der Waals surface area contributed by atoms with E-state index < -0.39 is 23.2 Å². The zero-order valence-electron chi connectivity index (χ0n) is 14.8. The van der Waals surface area contributed by atoms with Crippen molar-refractivity contribution in [2.45, 2.75) is 44.8 Å². The fraction of sp³-hybridized carbons (Fsp3) is 0.474. The van der Waals surface area contributed by atoms with Crippen LogP contribution < -0.4 is 5.32 Å². The Morgan fingerprint density at radius 2 is 2.08 bits per heavy atom. The number of benzene rings is 1. The van der Waals surface area contributed by atoms with E-state index in [4.69, 9.17) is 4.74 Å². The van der Waals surface area contributed by atoms with Crippen LogP contribution in [0.3, 0.4) is 0 Å². The highest BCUT2D eigenvalue weighted by molar-refractivity contribution is 7.21. The van der Waals surface area contributed by atoms with Crippen LogP contribution in [-0.2, 0) is 16.1 Å². The van der Waals surface area contributed by atoms with Gasteiger partial charge in [0.1, 0.15) is 11.4 Å². The van der Waals surface area contributed by atoms with Gasteiger partial charge in [0.25, 0.3) is 5.91 Å². The molecule has 0 radical (unpaired) electrons. The van der Waals surface area contributed by atoms with Gasteiger partial charge >= 0.3 is 5.97 Å². The minimum atomic E-state index is -1.26. The molecular formula is C19H22FNO4S. The molecule has 0 unspecified atom stereocenters. The van der Waals surface area contributed by atoms with E-state index in [-0.39, 0.29) is 6.61 Å². The lowest BCUT2D eigenvalue weighted by Gasteiger charge is -2.36. The Labute approximate surface area is 155 Å². The van der Waals surface area contributed by atoms with Crippen molar-refractivity contribution in [1.82, 2.24) is 5.32 Å². The molecule has 1 aliphatic carbocycles. The van der Waals surface area contributed by atoms with E-state index in [1.54, 1.807) is 12.1 Å². The number of carboxylic acid groups (broad SMARTS) is 1. The highest BCUT2D eigenvalue weighted by Gasteiger charge is 2.43. The van der Waals surface area contributed by atoms with E-state index >= 15 is 0 Å². The summed E-state index contributed by atoms with van der Waals surface area (Å²) in [6.07, 6.45) is 2.29. The summed E-state index contributed by atoms with van der Waals surface area (Å²) in [5, 5.41) is 12.8. The Morgan fingerprint density at radius 3 is 2.69 bits per heavy atom. The molecule has 1 amide bonds. The van der Waals surface area contributed by atoms with Crippen molar-refractivity contribution in [3.8, 4) is 0 Å². The number of carbonyl (C=O) groups is 2. The second-order valence-electron chi connectivity index (χ2n) is 6.98. The molecule has 0 saturated heterocycles. The smallest absolute Gasteiger partial charge is 0.329 e. The van der Waals surface area contributed by atoms with E-state index in [2.05, 4.69) is 12.2 Å². The summed E-state index contributed by atoms with van der Waals surface area (Å²) in [5.41, 5.74) is -0.796. The number of halogens is 1. The van der Waals surface area contributed by atoms with Crippen molar-refractivity contribution in [1.29, 1.82) is 0 Å². The molecule has 0 atom stereocenters. The maximum Gasteiger partial charge on any atom is 0.329 e. The summed E-state index contributed by atoms with van der Waals surface area (Å²) < 4.78 is 20.1. The Kier molecular flexibility index (Phi) is 5.29. The molecule has 1 saturated carbocycles. The number of thiophene rings is 1. The lowest BCUT2D eigenvalue weighted by molar-refractivity contribution is -0.146. The molecule has 1 aromatic heterocycles. The van der Waals surface area contributed by atoms with Gasteiger partial charge in [-0.3, -0.25) is 4.79 Å². The Morgan fingerprint density at radius 1 is 1.38 bits per heavy atom. The molecule has 0 bridgehead atoms. The first-order valence-corrected chi connectivity index (χ1v) is 9.44. The van der Waals surface area contributed by atoms with Crippen LogP contribution in [0.1, 0.15) is 47.8 Å². The Bertz CT molecular complexity index is 839. The Balaban J connectivity index is 1.98. The van der Waals surface area contributed by atoms with Gasteiger partial charge in [-0.1, -0.05) is 13.0 Å². The minimum absolute atomic E-state index is 0.0841. The van der Waals surface area contributed by atoms with Crippen molar-refractivity contribution < 1.29 is 23.8 Å². The molecule has 1 aliphatic rings. The first-order chi connectivity index (χ1) is 12.4. The van der Waals surface area contributed by atoms with Gasteiger partial charge in [0, 0.05) is 22.8 Å². The molecule has 3 rings (SSSR count). The van der Waals surface area contributed by atoms with Crippen molar-refractivity contribution in [3.05, 3.63) is 34.5 Å². The van der Waals surface area contributed by atoms with Crippen LogP contribution in [0, 0.1) is 11.7 Å². The first-order valence-electron chi connectivity index (χ1n) is 8.62. The number of aliphatic carboxylic acids is 1. The van der Waals surface area contributed by atoms with Crippen LogP contribution in [0.2, 0.25) is 0 Å². The largest absolute Gasteiger partial charge is 0.480 e. The predicted octanol–water partition coefficient (Wildman–Crippen LogP) is 3.95. The van der Waals surface area contributed by atoms with Gasteiger partial charge in [-0.15, -0.1) is 11.3 Å². The van der Waals surface area contributed by atoms with Gasteiger partial charge in [0.05, 0.1) is 11.5 Å². The zero-order chi connectivity index (χ0) is 18.9. The third-order valence-electron chi connectivity index (χ3n) is 5.15. The highest BCUT2D eigenvalue weighted by atomic mass is 32.1. The molecule has 1 fully saturated rings. The molecule has 1 aromatic carbocycles. The second kappa shape index (κ2) is 7.32. The van der Waals surface area contributed by atoms with E-state index in [9.17, 15) is 19.1 Å². The number of carboxylic acids is 1. The van der Waals surface area contributed by atoms with Crippen molar-refractivity contribution in [2.24, 2.45) is 5.92 Å². The summed E-state index contributed by atoms with van der Waals surface area (Å²) in [6.45, 7) is 2.17. The number of fused-ring (bicyclic) bond motifs is 1. The third kappa shape index (κ3) is 3.33. The number of carbonyl (C=O) groups excluding carboxylic acids is 1. The number of hydrogen-bond acceptors (Lipinski definition) is 4. The fourth-order valence-electron chi connectivity index (χ4n) is 3.55. The van der Waals surface area contributed by atoms with Crippen molar-refractivity contribution in [2.75, 3.05) is 7.11 Å². The van der Waals surface area contributed by atoms with Crippen LogP contribution >= 0.6 is 11.3 Å². The van der Waals surface area contributed by atoms with E-state index in [0.29, 0.717) is 39.3 Å². The third-order valence-corrected chi connectivity index (χ3v) is 6.34. The topological polar surface area (TPSA) is 75.6 Å². The highest BCUT2D eigenvalue weighted by Crippen LogP contribution is 2.36.